The Morgan fingerprint density at radius 1 is 0.920 bits per heavy atom. The van der Waals surface area contributed by atoms with E-state index in [1.165, 1.54) is 18.1 Å². The van der Waals surface area contributed by atoms with Crippen molar-refractivity contribution in [1.82, 2.24) is 4.57 Å². The van der Waals surface area contributed by atoms with Crippen molar-refractivity contribution in [2.45, 2.75) is 77.7 Å². The van der Waals surface area contributed by atoms with Crippen molar-refractivity contribution in [2.75, 3.05) is 33.9 Å². The molecule has 0 aliphatic heterocycles. The second-order valence-electron chi connectivity index (χ2n) is 6.83. The highest BCUT2D eigenvalue weighted by atomic mass is 28.4. The highest BCUT2D eigenvalue weighted by molar-refractivity contribution is 6.77. The van der Waals surface area contributed by atoms with Gasteiger partial charge in [0.1, 0.15) is 8.24 Å². The summed E-state index contributed by atoms with van der Waals surface area (Å²) in [4.78, 5) is 11.8. The molecule has 0 aromatic carbocycles. The van der Waals surface area contributed by atoms with E-state index in [-0.39, 0.29) is 5.97 Å². The minimum absolute atomic E-state index is 0.0718. The molecule has 5 nitrogen and oxygen atoms in total. The highest BCUT2D eigenvalue weighted by Crippen LogP contribution is 2.26. The van der Waals surface area contributed by atoms with Gasteiger partial charge in [0.2, 0.25) is 0 Å². The normalized spacial score (nSPS) is 12.6. The molecule has 0 aliphatic carbocycles. The molecule has 0 heterocycles. The molecule has 0 radical (unpaired) electrons. The van der Waals surface area contributed by atoms with Crippen molar-refractivity contribution in [3.63, 3.8) is 0 Å². The monoisotopic (exact) mass is 391 g/mol. The molecular weight excluding hydrogens is 350 g/mol. The van der Waals surface area contributed by atoms with E-state index in [0.717, 1.165) is 32.0 Å². The quantitative estimate of drug-likeness (QED) is 0.235. The van der Waals surface area contributed by atoms with Crippen molar-refractivity contribution in [3.05, 3.63) is 0 Å². The van der Waals surface area contributed by atoms with Gasteiger partial charge in [0.25, 0.3) is 0 Å². The second-order valence-corrected chi connectivity index (χ2v) is 15.6. The summed E-state index contributed by atoms with van der Waals surface area (Å²) < 4.78 is 18.9. The van der Waals surface area contributed by atoms with Crippen LogP contribution in [0.4, 0.5) is 0 Å². The second kappa shape index (κ2) is 13.0. The van der Waals surface area contributed by atoms with Crippen LogP contribution in [0.2, 0.25) is 30.7 Å². The summed E-state index contributed by atoms with van der Waals surface area (Å²) in [5, 5.41) is 0. The van der Waals surface area contributed by atoms with E-state index >= 15 is 0 Å². The maximum atomic E-state index is 11.8. The lowest BCUT2D eigenvalue weighted by atomic mass is 10.3. The molecule has 0 bridgehead atoms. The SMILES string of the molecule is CCOC(=O)CCN(CCCC[Si](C)(OC)OC)[Si](CC)(CC)CC. The van der Waals surface area contributed by atoms with E-state index in [2.05, 4.69) is 31.9 Å². The first-order chi connectivity index (χ1) is 11.9. The molecule has 25 heavy (non-hydrogen) atoms. The zero-order valence-electron chi connectivity index (χ0n) is 17.7. The summed E-state index contributed by atoms with van der Waals surface area (Å²) in [5.74, 6) is -0.0718. The Labute approximate surface area is 157 Å². The third-order valence-corrected chi connectivity index (χ3v) is 14.4. The topological polar surface area (TPSA) is 48.0 Å². The van der Waals surface area contributed by atoms with Gasteiger partial charge in [-0.05, 0) is 50.6 Å². The van der Waals surface area contributed by atoms with Crippen LogP contribution in [-0.4, -0.2) is 61.2 Å². The average Bonchev–Trinajstić information content (AvgIpc) is 2.64. The molecule has 0 saturated heterocycles. The Bertz CT molecular complexity index is 353. The van der Waals surface area contributed by atoms with E-state index in [1.807, 2.05) is 6.92 Å². The Kier molecular flexibility index (Phi) is 12.9. The number of nitrogens with zero attached hydrogens (tertiary/aromatic N) is 1. The molecule has 0 aromatic rings. The minimum Gasteiger partial charge on any atom is -0.466 e. The third kappa shape index (κ3) is 8.34. The summed E-state index contributed by atoms with van der Waals surface area (Å²) in [5.41, 5.74) is 0. The van der Waals surface area contributed by atoms with E-state index in [4.69, 9.17) is 13.6 Å². The largest absolute Gasteiger partial charge is 0.466 e. The van der Waals surface area contributed by atoms with Crippen molar-refractivity contribution in [2.24, 2.45) is 0 Å². The van der Waals surface area contributed by atoms with Crippen molar-refractivity contribution in [1.29, 1.82) is 0 Å². The van der Waals surface area contributed by atoms with Crippen LogP contribution in [0.25, 0.3) is 0 Å². The molecule has 0 aromatic heterocycles. The van der Waals surface area contributed by atoms with Crippen LogP contribution < -0.4 is 0 Å². The number of unbranched alkanes of at least 4 members (excludes halogenated alkanes) is 1. The molecule has 7 heteroatoms. The lowest BCUT2D eigenvalue weighted by molar-refractivity contribution is -0.143. The van der Waals surface area contributed by atoms with Gasteiger partial charge in [0, 0.05) is 20.8 Å². The fourth-order valence-electron chi connectivity index (χ4n) is 3.50. The number of carbonyl (C=O) groups excluding carboxylic acids is 1. The van der Waals surface area contributed by atoms with Crippen molar-refractivity contribution in [3.8, 4) is 0 Å². The van der Waals surface area contributed by atoms with Gasteiger partial charge in [0.05, 0.1) is 13.0 Å². The number of hydrogen-bond donors (Lipinski definition) is 0. The van der Waals surface area contributed by atoms with Gasteiger partial charge in [-0.15, -0.1) is 0 Å². The smallest absolute Gasteiger partial charge is 0.334 e. The van der Waals surface area contributed by atoms with Crippen LogP contribution in [0.1, 0.15) is 47.0 Å². The van der Waals surface area contributed by atoms with Crippen LogP contribution in [-0.2, 0) is 18.4 Å². The molecule has 0 spiro atoms. The van der Waals surface area contributed by atoms with Gasteiger partial charge in [-0.1, -0.05) is 27.2 Å². The summed E-state index contributed by atoms with van der Waals surface area (Å²) in [6, 6.07) is 4.74. The number of hydrogen-bond acceptors (Lipinski definition) is 5. The van der Waals surface area contributed by atoms with Crippen LogP contribution >= 0.6 is 0 Å². The number of esters is 1. The number of ether oxygens (including phenoxy) is 1. The molecular formula is C18H41NO4Si2. The molecule has 0 saturated carbocycles. The van der Waals surface area contributed by atoms with E-state index in [9.17, 15) is 4.79 Å². The fourth-order valence-corrected chi connectivity index (χ4v) is 9.03. The summed E-state index contributed by atoms with van der Waals surface area (Å²) in [7, 11) is 0.0658. The van der Waals surface area contributed by atoms with Crippen LogP contribution in [0.15, 0.2) is 0 Å². The van der Waals surface area contributed by atoms with Gasteiger partial charge in [0.15, 0.2) is 0 Å². The first kappa shape index (κ1) is 24.8. The predicted molar refractivity (Wildman–Crippen MR) is 110 cm³/mol. The zero-order chi connectivity index (χ0) is 19.3. The highest BCUT2D eigenvalue weighted by Gasteiger charge is 2.34. The summed E-state index contributed by atoms with van der Waals surface area (Å²) in [6.45, 7) is 13.3. The zero-order valence-corrected chi connectivity index (χ0v) is 19.7. The van der Waals surface area contributed by atoms with Gasteiger partial charge >= 0.3 is 14.5 Å². The standard InChI is InChI=1S/C18H41NO4Si2/c1-8-23-18(20)14-16-19(25(9-2,10-3)11-4)15-12-13-17-24(7,21-5)22-6/h8-17H2,1-7H3. The Hall–Kier alpha value is -0.216. The maximum Gasteiger partial charge on any atom is 0.334 e. The average molecular weight is 392 g/mol. The molecule has 150 valence electrons. The van der Waals surface area contributed by atoms with Gasteiger partial charge in [-0.2, -0.15) is 0 Å². The van der Waals surface area contributed by atoms with Crippen molar-refractivity contribution >= 4 is 22.8 Å². The van der Waals surface area contributed by atoms with Gasteiger partial charge in [-0.25, -0.2) is 0 Å². The molecule has 0 fully saturated rings. The number of carbonyl (C=O) groups is 1. The van der Waals surface area contributed by atoms with Crippen LogP contribution in [0, 0.1) is 0 Å². The van der Waals surface area contributed by atoms with Gasteiger partial charge in [-0.3, -0.25) is 4.79 Å². The first-order valence-corrected chi connectivity index (χ1v) is 15.0. The van der Waals surface area contributed by atoms with Crippen LogP contribution in [0.5, 0.6) is 0 Å². The molecule has 0 atom stereocenters. The fraction of sp³-hybridized carbons (Fsp3) is 0.944. The first-order valence-electron chi connectivity index (χ1n) is 9.87. The Balaban J connectivity index is 4.76. The molecule has 0 N–H and O–H groups in total. The Morgan fingerprint density at radius 3 is 1.92 bits per heavy atom. The Morgan fingerprint density at radius 2 is 1.48 bits per heavy atom. The minimum atomic E-state index is -1.97. The van der Waals surface area contributed by atoms with E-state index in [0.29, 0.717) is 13.0 Å². The molecule has 0 rings (SSSR count). The van der Waals surface area contributed by atoms with Crippen LogP contribution in [0.3, 0.4) is 0 Å². The predicted octanol–water partition coefficient (Wildman–Crippen LogP) is 4.39. The maximum absolute atomic E-state index is 11.8. The number of rotatable bonds is 15. The van der Waals surface area contributed by atoms with E-state index in [1.54, 1.807) is 14.2 Å². The molecule has 0 aliphatic rings. The summed E-state index contributed by atoms with van der Waals surface area (Å²) >= 11 is 0. The van der Waals surface area contributed by atoms with E-state index < -0.39 is 16.8 Å². The lowest BCUT2D eigenvalue weighted by Crippen LogP contribution is -2.53. The lowest BCUT2D eigenvalue weighted by Gasteiger charge is -2.41. The third-order valence-electron chi connectivity index (χ3n) is 5.71. The molecule has 0 amide bonds. The summed E-state index contributed by atoms with van der Waals surface area (Å²) in [6.07, 6.45) is 2.75. The van der Waals surface area contributed by atoms with Gasteiger partial charge < -0.3 is 18.2 Å². The van der Waals surface area contributed by atoms with Crippen molar-refractivity contribution < 1.29 is 18.4 Å². The molecule has 0 unspecified atom stereocenters.